The van der Waals surface area contributed by atoms with E-state index < -0.39 is 11.7 Å². The predicted molar refractivity (Wildman–Crippen MR) is 90.3 cm³/mol. The summed E-state index contributed by atoms with van der Waals surface area (Å²) in [4.78, 5) is 0. The van der Waals surface area contributed by atoms with Crippen LogP contribution in [0.4, 0.5) is 13.2 Å². The third kappa shape index (κ3) is 8.04. The van der Waals surface area contributed by atoms with Crippen molar-refractivity contribution >= 4 is 0 Å². The molecule has 1 aromatic carbocycles. The van der Waals surface area contributed by atoms with Gasteiger partial charge in [-0.25, -0.2) is 0 Å². The average Bonchev–Trinajstić information content (AvgIpc) is 2.46. The highest BCUT2D eigenvalue weighted by molar-refractivity contribution is 5.28. The Bertz CT molecular complexity index is 466. The Morgan fingerprint density at radius 1 is 1.04 bits per heavy atom. The van der Waals surface area contributed by atoms with Crippen LogP contribution in [-0.2, 0) is 10.9 Å². The maximum Gasteiger partial charge on any atom is 0.416 e. The zero-order valence-electron chi connectivity index (χ0n) is 15.1. The first kappa shape index (κ1) is 20.8. The maximum absolute atomic E-state index is 12.5. The predicted octanol–water partition coefficient (Wildman–Crippen LogP) is 6.10. The molecule has 0 heterocycles. The smallest absolute Gasteiger partial charge is 0.416 e. The van der Waals surface area contributed by atoms with Gasteiger partial charge in [-0.2, -0.15) is 13.2 Å². The van der Waals surface area contributed by atoms with Crippen LogP contribution in [0.1, 0.15) is 58.9 Å². The van der Waals surface area contributed by atoms with Crippen molar-refractivity contribution < 1.29 is 22.6 Å². The third-order valence-electron chi connectivity index (χ3n) is 4.07. The lowest BCUT2D eigenvalue weighted by atomic mass is 9.95. The summed E-state index contributed by atoms with van der Waals surface area (Å²) in [6, 6.07) is 4.85. The van der Waals surface area contributed by atoms with Crippen LogP contribution in [0.15, 0.2) is 24.3 Å². The molecule has 0 bridgehead atoms. The van der Waals surface area contributed by atoms with Crippen LogP contribution in [0.2, 0.25) is 0 Å². The highest BCUT2D eigenvalue weighted by atomic mass is 19.4. The normalized spacial score (nSPS) is 13.8. The quantitative estimate of drug-likeness (QED) is 0.510. The topological polar surface area (TPSA) is 18.5 Å². The fourth-order valence-electron chi connectivity index (χ4n) is 2.60. The number of halogens is 3. The van der Waals surface area contributed by atoms with E-state index in [4.69, 9.17) is 9.47 Å². The maximum atomic E-state index is 12.5. The summed E-state index contributed by atoms with van der Waals surface area (Å²) in [6.07, 6.45) is -0.218. The van der Waals surface area contributed by atoms with E-state index in [1.165, 1.54) is 12.1 Å². The van der Waals surface area contributed by atoms with Gasteiger partial charge in [-0.05, 0) is 63.8 Å². The Morgan fingerprint density at radius 3 is 2.21 bits per heavy atom. The van der Waals surface area contributed by atoms with Crippen molar-refractivity contribution in [1.29, 1.82) is 0 Å². The molecule has 5 heteroatoms. The lowest BCUT2D eigenvalue weighted by molar-refractivity contribution is -0.137. The van der Waals surface area contributed by atoms with Gasteiger partial charge in [-0.1, -0.05) is 19.8 Å². The molecule has 0 saturated heterocycles. The molecule has 24 heavy (non-hydrogen) atoms. The van der Waals surface area contributed by atoms with E-state index in [1.54, 1.807) is 0 Å². The largest absolute Gasteiger partial charge is 0.494 e. The minimum Gasteiger partial charge on any atom is -0.494 e. The van der Waals surface area contributed by atoms with Crippen molar-refractivity contribution in [3.8, 4) is 5.75 Å². The highest BCUT2D eigenvalue weighted by Crippen LogP contribution is 2.30. The minimum atomic E-state index is -4.30. The number of ether oxygens (including phenoxy) is 2. The second kappa shape index (κ2) is 9.30. The Hall–Kier alpha value is -1.23. The van der Waals surface area contributed by atoms with E-state index in [0.717, 1.165) is 44.4 Å². The standard InChI is InChI=1S/C19H29F3O2/c1-5-24-18(3,4)13-6-7-15(2)12-14-23-17-10-8-16(9-11-17)19(20,21)22/h8-11,15H,5-7,12-14H2,1-4H3. The first-order valence-corrected chi connectivity index (χ1v) is 8.58. The number of benzene rings is 1. The summed E-state index contributed by atoms with van der Waals surface area (Å²) in [7, 11) is 0. The molecule has 2 nitrogen and oxygen atoms in total. The van der Waals surface area contributed by atoms with Gasteiger partial charge in [0.25, 0.3) is 0 Å². The van der Waals surface area contributed by atoms with Crippen molar-refractivity contribution in [2.75, 3.05) is 13.2 Å². The van der Waals surface area contributed by atoms with Crippen LogP contribution in [-0.4, -0.2) is 18.8 Å². The van der Waals surface area contributed by atoms with E-state index in [1.807, 2.05) is 6.92 Å². The Labute approximate surface area is 143 Å². The van der Waals surface area contributed by atoms with Gasteiger partial charge in [0, 0.05) is 6.61 Å². The zero-order valence-corrected chi connectivity index (χ0v) is 15.1. The fourth-order valence-corrected chi connectivity index (χ4v) is 2.60. The second-order valence-electron chi connectivity index (χ2n) is 6.85. The van der Waals surface area contributed by atoms with Gasteiger partial charge in [0.05, 0.1) is 17.8 Å². The molecule has 1 aromatic rings. The third-order valence-corrected chi connectivity index (χ3v) is 4.07. The SMILES string of the molecule is CCOC(C)(C)CCCC(C)CCOc1ccc(C(F)(F)F)cc1. The summed E-state index contributed by atoms with van der Waals surface area (Å²) in [6.45, 7) is 9.63. The molecule has 0 N–H and O–H groups in total. The number of hydrogen-bond donors (Lipinski definition) is 0. The van der Waals surface area contributed by atoms with Gasteiger partial charge < -0.3 is 9.47 Å². The molecule has 1 atom stereocenters. The summed E-state index contributed by atoms with van der Waals surface area (Å²) in [5.41, 5.74) is -0.731. The van der Waals surface area contributed by atoms with Gasteiger partial charge in [0.15, 0.2) is 0 Å². The fraction of sp³-hybridized carbons (Fsp3) is 0.684. The molecule has 0 spiro atoms. The first-order chi connectivity index (χ1) is 11.1. The molecule has 0 fully saturated rings. The highest BCUT2D eigenvalue weighted by Gasteiger charge is 2.30. The van der Waals surface area contributed by atoms with Crippen LogP contribution < -0.4 is 4.74 Å². The Balaban J connectivity index is 2.25. The van der Waals surface area contributed by atoms with E-state index in [9.17, 15) is 13.2 Å². The van der Waals surface area contributed by atoms with Gasteiger partial charge in [0.2, 0.25) is 0 Å². The van der Waals surface area contributed by atoms with Crippen LogP contribution in [0.25, 0.3) is 0 Å². The van der Waals surface area contributed by atoms with Crippen molar-refractivity contribution in [1.82, 2.24) is 0 Å². The Morgan fingerprint density at radius 2 is 1.67 bits per heavy atom. The molecule has 1 unspecified atom stereocenters. The monoisotopic (exact) mass is 346 g/mol. The number of hydrogen-bond acceptors (Lipinski definition) is 2. The summed E-state index contributed by atoms with van der Waals surface area (Å²) in [5, 5.41) is 0. The molecule has 0 aliphatic carbocycles. The van der Waals surface area contributed by atoms with E-state index in [2.05, 4.69) is 20.8 Å². The summed E-state index contributed by atoms with van der Waals surface area (Å²) >= 11 is 0. The van der Waals surface area contributed by atoms with Crippen LogP contribution in [0.5, 0.6) is 5.75 Å². The van der Waals surface area contributed by atoms with E-state index in [0.29, 0.717) is 18.3 Å². The van der Waals surface area contributed by atoms with Crippen molar-refractivity contribution in [3.05, 3.63) is 29.8 Å². The van der Waals surface area contributed by atoms with E-state index in [-0.39, 0.29) is 5.60 Å². The van der Waals surface area contributed by atoms with Gasteiger partial charge in [0.1, 0.15) is 5.75 Å². The molecule has 0 aliphatic rings. The number of rotatable bonds is 10. The summed E-state index contributed by atoms with van der Waals surface area (Å²) < 4.78 is 48.7. The molecule has 0 saturated carbocycles. The molecule has 0 radical (unpaired) electrons. The second-order valence-corrected chi connectivity index (χ2v) is 6.85. The summed E-state index contributed by atoms with van der Waals surface area (Å²) in [5.74, 6) is 0.990. The average molecular weight is 346 g/mol. The minimum absolute atomic E-state index is 0.0782. The first-order valence-electron chi connectivity index (χ1n) is 8.58. The lowest BCUT2D eigenvalue weighted by Gasteiger charge is -2.25. The van der Waals surface area contributed by atoms with Gasteiger partial charge in [-0.3, -0.25) is 0 Å². The molecule has 0 amide bonds. The Kier molecular flexibility index (Phi) is 8.07. The molecular formula is C19H29F3O2. The van der Waals surface area contributed by atoms with Crippen LogP contribution >= 0.6 is 0 Å². The van der Waals surface area contributed by atoms with E-state index >= 15 is 0 Å². The van der Waals surface area contributed by atoms with Crippen LogP contribution in [0, 0.1) is 5.92 Å². The number of alkyl halides is 3. The van der Waals surface area contributed by atoms with Crippen molar-refractivity contribution in [3.63, 3.8) is 0 Å². The molecule has 0 aromatic heterocycles. The van der Waals surface area contributed by atoms with Crippen LogP contribution in [0.3, 0.4) is 0 Å². The zero-order chi connectivity index (χ0) is 18.2. The van der Waals surface area contributed by atoms with Gasteiger partial charge >= 0.3 is 6.18 Å². The van der Waals surface area contributed by atoms with Crippen molar-refractivity contribution in [2.45, 2.75) is 65.2 Å². The molecular weight excluding hydrogens is 317 g/mol. The van der Waals surface area contributed by atoms with Crippen molar-refractivity contribution in [2.24, 2.45) is 5.92 Å². The molecule has 138 valence electrons. The van der Waals surface area contributed by atoms with Gasteiger partial charge in [-0.15, -0.1) is 0 Å². The molecule has 0 aliphatic heterocycles. The lowest BCUT2D eigenvalue weighted by Crippen LogP contribution is -2.24. The molecule has 1 rings (SSSR count).